The molecule has 1 heterocycles. The van der Waals surface area contributed by atoms with E-state index in [9.17, 15) is 4.79 Å². The van der Waals surface area contributed by atoms with Crippen molar-refractivity contribution in [1.82, 2.24) is 4.98 Å². The van der Waals surface area contributed by atoms with E-state index in [1.807, 2.05) is 37.3 Å². The van der Waals surface area contributed by atoms with Gasteiger partial charge in [-0.15, -0.1) is 11.8 Å². The Labute approximate surface area is 122 Å². The highest BCUT2D eigenvalue weighted by molar-refractivity contribution is 7.99. The molecule has 1 aromatic carbocycles. The Balaban J connectivity index is 1.89. The van der Waals surface area contributed by atoms with Crippen molar-refractivity contribution >= 4 is 17.7 Å². The maximum absolute atomic E-state index is 11.1. The number of methoxy groups -OCH3 is 1. The minimum atomic E-state index is -0.192. The third-order valence-corrected chi connectivity index (χ3v) is 3.93. The quantitative estimate of drug-likeness (QED) is 0.762. The first-order valence-corrected chi connectivity index (χ1v) is 7.42. The first-order chi connectivity index (χ1) is 9.69. The number of carbonyl (C=O) groups is 1. The highest BCUT2D eigenvalue weighted by Crippen LogP contribution is 2.24. The van der Waals surface area contributed by atoms with Crippen molar-refractivity contribution in [2.75, 3.05) is 7.11 Å². The Morgan fingerprint density at radius 3 is 2.85 bits per heavy atom. The number of hydrogen-bond donors (Lipinski definition) is 0. The van der Waals surface area contributed by atoms with Gasteiger partial charge in [0.15, 0.2) is 5.76 Å². The van der Waals surface area contributed by atoms with E-state index in [2.05, 4.69) is 9.72 Å². The summed E-state index contributed by atoms with van der Waals surface area (Å²) in [5.74, 6) is 1.89. The van der Waals surface area contributed by atoms with Gasteiger partial charge in [-0.05, 0) is 0 Å². The summed E-state index contributed by atoms with van der Waals surface area (Å²) >= 11 is 1.62. The normalized spacial score (nSPS) is 12.1. The molecular weight excluding hydrogens is 274 g/mol. The number of rotatable bonds is 6. The van der Waals surface area contributed by atoms with Gasteiger partial charge in [-0.3, -0.25) is 4.79 Å². The highest BCUT2D eigenvalue weighted by Gasteiger charge is 2.12. The molecule has 0 aliphatic rings. The first kappa shape index (κ1) is 14.7. The molecule has 0 radical (unpaired) electrons. The van der Waals surface area contributed by atoms with E-state index < -0.39 is 0 Å². The molecule has 0 spiro atoms. The summed E-state index contributed by atoms with van der Waals surface area (Å²) in [5.41, 5.74) is 1.01. The summed E-state index contributed by atoms with van der Waals surface area (Å²) in [6.45, 7) is 1.99. The number of hydrogen-bond acceptors (Lipinski definition) is 5. The monoisotopic (exact) mass is 291 g/mol. The average Bonchev–Trinajstić information content (AvgIpc) is 2.95. The minimum Gasteiger partial charge on any atom is -0.469 e. The van der Waals surface area contributed by atoms with E-state index in [1.54, 1.807) is 18.0 Å². The SMILES string of the molecule is COC(=O)C[C@@H](C)SCc1ncc(-c2ccccc2)o1. The number of esters is 1. The van der Waals surface area contributed by atoms with Gasteiger partial charge in [-0.2, -0.15) is 0 Å². The van der Waals surface area contributed by atoms with E-state index in [-0.39, 0.29) is 11.2 Å². The van der Waals surface area contributed by atoms with Crippen molar-refractivity contribution in [3.05, 3.63) is 42.4 Å². The molecule has 5 heteroatoms. The number of ether oxygens (including phenoxy) is 1. The standard InChI is InChI=1S/C15H17NO3S/c1-11(8-15(17)18-2)20-10-14-16-9-13(19-14)12-6-4-3-5-7-12/h3-7,9,11H,8,10H2,1-2H3/t11-/m1/s1. The molecule has 1 atom stereocenters. The molecule has 0 fully saturated rings. The van der Waals surface area contributed by atoms with Crippen LogP contribution in [0.4, 0.5) is 0 Å². The summed E-state index contributed by atoms with van der Waals surface area (Å²) in [6.07, 6.45) is 2.13. The van der Waals surface area contributed by atoms with Crippen molar-refractivity contribution in [2.24, 2.45) is 0 Å². The van der Waals surface area contributed by atoms with Crippen LogP contribution in [0.3, 0.4) is 0 Å². The smallest absolute Gasteiger partial charge is 0.306 e. The van der Waals surface area contributed by atoms with Crippen LogP contribution in [0.2, 0.25) is 0 Å². The minimum absolute atomic E-state index is 0.175. The number of aromatic nitrogens is 1. The van der Waals surface area contributed by atoms with Crippen LogP contribution in [-0.2, 0) is 15.3 Å². The zero-order valence-electron chi connectivity index (χ0n) is 11.5. The van der Waals surface area contributed by atoms with Crippen molar-refractivity contribution in [2.45, 2.75) is 24.3 Å². The second-order valence-corrected chi connectivity index (χ2v) is 5.81. The number of benzene rings is 1. The Morgan fingerprint density at radius 1 is 1.40 bits per heavy atom. The second kappa shape index (κ2) is 7.14. The summed E-state index contributed by atoms with van der Waals surface area (Å²) in [7, 11) is 1.40. The lowest BCUT2D eigenvalue weighted by Gasteiger charge is -2.07. The van der Waals surface area contributed by atoms with E-state index >= 15 is 0 Å². The molecule has 0 aliphatic heterocycles. The summed E-state index contributed by atoms with van der Waals surface area (Å²) < 4.78 is 10.3. The lowest BCUT2D eigenvalue weighted by Crippen LogP contribution is -2.08. The van der Waals surface area contributed by atoms with Crippen molar-refractivity contribution in [1.29, 1.82) is 0 Å². The molecule has 106 valence electrons. The van der Waals surface area contributed by atoms with Crippen LogP contribution < -0.4 is 0 Å². The van der Waals surface area contributed by atoms with E-state index in [1.165, 1.54) is 7.11 Å². The van der Waals surface area contributed by atoms with Crippen LogP contribution in [0.1, 0.15) is 19.2 Å². The lowest BCUT2D eigenvalue weighted by molar-refractivity contribution is -0.140. The summed E-state index contributed by atoms with van der Waals surface area (Å²) in [6, 6.07) is 9.86. The molecule has 0 N–H and O–H groups in total. The molecule has 0 aliphatic carbocycles. The van der Waals surface area contributed by atoms with Crippen LogP contribution >= 0.6 is 11.8 Å². The molecule has 4 nitrogen and oxygen atoms in total. The van der Waals surface area contributed by atoms with Gasteiger partial charge in [0.2, 0.25) is 5.89 Å². The van der Waals surface area contributed by atoms with Crippen molar-refractivity contribution < 1.29 is 13.9 Å². The average molecular weight is 291 g/mol. The fourth-order valence-corrected chi connectivity index (χ4v) is 2.52. The predicted octanol–water partition coefficient (Wildman–Crippen LogP) is 3.53. The predicted molar refractivity (Wildman–Crippen MR) is 79.3 cm³/mol. The summed E-state index contributed by atoms with van der Waals surface area (Å²) in [5, 5.41) is 0.175. The summed E-state index contributed by atoms with van der Waals surface area (Å²) in [4.78, 5) is 15.4. The Morgan fingerprint density at radius 2 is 2.15 bits per heavy atom. The van der Waals surface area contributed by atoms with Gasteiger partial charge in [0.05, 0.1) is 25.5 Å². The molecule has 20 heavy (non-hydrogen) atoms. The molecule has 0 bridgehead atoms. The molecule has 0 amide bonds. The van der Waals surface area contributed by atoms with Gasteiger partial charge in [0.25, 0.3) is 0 Å². The first-order valence-electron chi connectivity index (χ1n) is 6.37. The topological polar surface area (TPSA) is 52.3 Å². The maximum Gasteiger partial charge on any atom is 0.306 e. The Hall–Kier alpha value is -1.75. The molecular formula is C15H17NO3S. The van der Waals surface area contributed by atoms with E-state index in [0.29, 0.717) is 18.1 Å². The van der Waals surface area contributed by atoms with Gasteiger partial charge in [0.1, 0.15) is 0 Å². The van der Waals surface area contributed by atoms with Crippen LogP contribution in [-0.4, -0.2) is 23.3 Å². The van der Waals surface area contributed by atoms with Gasteiger partial charge in [-0.25, -0.2) is 4.98 Å². The molecule has 2 aromatic rings. The zero-order valence-corrected chi connectivity index (χ0v) is 12.4. The Bertz CT molecular complexity index is 553. The number of oxazole rings is 1. The highest BCUT2D eigenvalue weighted by atomic mass is 32.2. The maximum atomic E-state index is 11.1. The van der Waals surface area contributed by atoms with Gasteiger partial charge in [-0.1, -0.05) is 37.3 Å². The Kier molecular flexibility index (Phi) is 5.24. The number of nitrogens with zero attached hydrogens (tertiary/aromatic N) is 1. The largest absolute Gasteiger partial charge is 0.469 e. The number of thioether (sulfide) groups is 1. The van der Waals surface area contributed by atoms with E-state index in [4.69, 9.17) is 4.42 Å². The fraction of sp³-hybridized carbons (Fsp3) is 0.333. The van der Waals surface area contributed by atoms with Gasteiger partial charge >= 0.3 is 5.97 Å². The third kappa shape index (κ3) is 4.13. The molecule has 0 saturated heterocycles. The van der Waals surface area contributed by atoms with Crippen LogP contribution in [0.5, 0.6) is 0 Å². The van der Waals surface area contributed by atoms with Crippen LogP contribution in [0.25, 0.3) is 11.3 Å². The van der Waals surface area contributed by atoms with Crippen LogP contribution in [0, 0.1) is 0 Å². The molecule has 0 unspecified atom stereocenters. The van der Waals surface area contributed by atoms with E-state index in [0.717, 1.165) is 11.3 Å². The molecule has 2 rings (SSSR count). The van der Waals surface area contributed by atoms with Crippen molar-refractivity contribution in [3.8, 4) is 11.3 Å². The molecule has 0 saturated carbocycles. The number of carbonyl (C=O) groups excluding carboxylic acids is 1. The van der Waals surface area contributed by atoms with Crippen LogP contribution in [0.15, 0.2) is 40.9 Å². The van der Waals surface area contributed by atoms with Crippen molar-refractivity contribution in [3.63, 3.8) is 0 Å². The van der Waals surface area contributed by atoms with Gasteiger partial charge < -0.3 is 9.15 Å². The molecule has 1 aromatic heterocycles. The second-order valence-electron chi connectivity index (χ2n) is 4.39. The lowest BCUT2D eigenvalue weighted by atomic mass is 10.2. The fourth-order valence-electron chi connectivity index (χ4n) is 1.70. The zero-order chi connectivity index (χ0) is 14.4. The van der Waals surface area contributed by atoms with Gasteiger partial charge in [0, 0.05) is 10.8 Å². The third-order valence-electron chi connectivity index (χ3n) is 2.78.